The molecule has 0 spiro atoms. The largest absolute Gasteiger partial charge is 0.466 e. The van der Waals surface area contributed by atoms with Crippen LogP contribution in [0.25, 0.3) is 0 Å². The molecule has 1 saturated carbocycles. The zero-order valence-corrected chi connectivity index (χ0v) is 16.6. The van der Waals surface area contributed by atoms with Crippen molar-refractivity contribution in [1.29, 1.82) is 0 Å². The number of carbonyl (C=O) groups excluding carboxylic acids is 1. The highest BCUT2D eigenvalue weighted by Crippen LogP contribution is 2.37. The van der Waals surface area contributed by atoms with Gasteiger partial charge in [0.25, 0.3) is 0 Å². The first-order chi connectivity index (χ1) is 11.7. The van der Waals surface area contributed by atoms with E-state index in [0.717, 1.165) is 32.4 Å². The van der Waals surface area contributed by atoms with Crippen LogP contribution in [0.5, 0.6) is 0 Å². The van der Waals surface area contributed by atoms with Crippen LogP contribution in [0.15, 0.2) is 34.1 Å². The molecule has 1 aliphatic carbocycles. The van der Waals surface area contributed by atoms with E-state index in [1.807, 2.05) is 30.6 Å². The van der Waals surface area contributed by atoms with Gasteiger partial charge in [0.15, 0.2) is 0 Å². The first-order valence-electron chi connectivity index (χ1n) is 9.02. The standard InChI is InChI=1S/C19H29NO2S2/c1-4-20(5-2)24-17-12-10-16(11-13-17)23-18-9-7-8-15(14-18)19(21)22-6-3/h10-13,15,18H,4-9,14H2,1-3H3. The molecule has 1 aliphatic rings. The van der Waals surface area contributed by atoms with Gasteiger partial charge in [-0.25, -0.2) is 4.31 Å². The van der Waals surface area contributed by atoms with Crippen LogP contribution < -0.4 is 0 Å². The van der Waals surface area contributed by atoms with E-state index in [4.69, 9.17) is 4.74 Å². The second-order valence-electron chi connectivity index (χ2n) is 6.03. The van der Waals surface area contributed by atoms with Crippen LogP contribution in [-0.2, 0) is 9.53 Å². The second-order valence-corrected chi connectivity index (χ2v) is 8.58. The predicted octanol–water partition coefficient (Wildman–Crippen LogP) is 5.25. The number of ether oxygens (including phenoxy) is 1. The molecule has 2 unspecified atom stereocenters. The molecule has 2 rings (SSSR count). The number of hydrogen-bond acceptors (Lipinski definition) is 5. The molecule has 134 valence electrons. The molecule has 0 aromatic heterocycles. The van der Waals surface area contributed by atoms with Gasteiger partial charge in [0, 0.05) is 28.1 Å². The van der Waals surface area contributed by atoms with Gasteiger partial charge in [-0.3, -0.25) is 4.79 Å². The second kappa shape index (κ2) is 10.4. The van der Waals surface area contributed by atoms with E-state index in [-0.39, 0.29) is 11.9 Å². The lowest BCUT2D eigenvalue weighted by molar-refractivity contribution is -0.149. The first-order valence-corrected chi connectivity index (χ1v) is 10.7. The minimum Gasteiger partial charge on any atom is -0.466 e. The van der Waals surface area contributed by atoms with Gasteiger partial charge in [-0.05, 0) is 62.4 Å². The van der Waals surface area contributed by atoms with Crippen molar-refractivity contribution < 1.29 is 9.53 Å². The summed E-state index contributed by atoms with van der Waals surface area (Å²) in [6, 6.07) is 8.84. The van der Waals surface area contributed by atoms with Crippen LogP contribution in [0.2, 0.25) is 0 Å². The highest BCUT2D eigenvalue weighted by molar-refractivity contribution is 8.00. The Morgan fingerprint density at radius 1 is 1.12 bits per heavy atom. The van der Waals surface area contributed by atoms with Crippen LogP contribution in [0, 0.1) is 5.92 Å². The molecule has 0 saturated heterocycles. The van der Waals surface area contributed by atoms with Crippen molar-refractivity contribution in [2.45, 2.75) is 61.5 Å². The Morgan fingerprint density at radius 3 is 2.42 bits per heavy atom. The van der Waals surface area contributed by atoms with Gasteiger partial charge >= 0.3 is 5.97 Å². The summed E-state index contributed by atoms with van der Waals surface area (Å²) in [7, 11) is 0. The Hall–Kier alpha value is -0.650. The summed E-state index contributed by atoms with van der Waals surface area (Å²) in [5.41, 5.74) is 0. The molecule has 3 nitrogen and oxygen atoms in total. The minimum absolute atomic E-state index is 0.00577. The van der Waals surface area contributed by atoms with Crippen molar-refractivity contribution in [3.8, 4) is 0 Å². The third-order valence-electron chi connectivity index (χ3n) is 4.31. The van der Waals surface area contributed by atoms with E-state index in [2.05, 4.69) is 42.4 Å². The lowest BCUT2D eigenvalue weighted by Gasteiger charge is -2.27. The van der Waals surface area contributed by atoms with E-state index in [9.17, 15) is 4.79 Å². The highest BCUT2D eigenvalue weighted by Gasteiger charge is 2.28. The summed E-state index contributed by atoms with van der Waals surface area (Å²) in [6.07, 6.45) is 4.24. The number of benzene rings is 1. The van der Waals surface area contributed by atoms with E-state index in [1.54, 1.807) is 0 Å². The van der Waals surface area contributed by atoms with Gasteiger partial charge in [0.2, 0.25) is 0 Å². The van der Waals surface area contributed by atoms with E-state index < -0.39 is 0 Å². The third-order valence-corrected chi connectivity index (χ3v) is 6.88. The molecule has 1 fully saturated rings. The molecule has 0 bridgehead atoms. The van der Waals surface area contributed by atoms with Gasteiger partial charge in [-0.1, -0.05) is 20.3 Å². The van der Waals surface area contributed by atoms with Crippen molar-refractivity contribution in [1.82, 2.24) is 4.31 Å². The van der Waals surface area contributed by atoms with E-state index >= 15 is 0 Å². The molecule has 24 heavy (non-hydrogen) atoms. The normalized spacial score (nSPS) is 21.0. The molecule has 2 atom stereocenters. The number of hydrogen-bond donors (Lipinski definition) is 0. The van der Waals surface area contributed by atoms with Crippen LogP contribution in [-0.4, -0.2) is 35.2 Å². The summed E-state index contributed by atoms with van der Waals surface area (Å²) in [5, 5.41) is 0.523. The molecule has 5 heteroatoms. The number of nitrogens with zero attached hydrogens (tertiary/aromatic N) is 1. The predicted molar refractivity (Wildman–Crippen MR) is 103 cm³/mol. The summed E-state index contributed by atoms with van der Waals surface area (Å²) < 4.78 is 7.54. The Labute approximate surface area is 155 Å². The monoisotopic (exact) mass is 367 g/mol. The molecule has 1 aromatic carbocycles. The van der Waals surface area contributed by atoms with E-state index in [0.29, 0.717) is 11.9 Å². The SMILES string of the molecule is CCOC(=O)C1CCCC(Sc2ccc(SN(CC)CC)cc2)C1. The Morgan fingerprint density at radius 2 is 1.79 bits per heavy atom. The van der Waals surface area contributed by atoms with Crippen LogP contribution in [0.4, 0.5) is 0 Å². The van der Waals surface area contributed by atoms with E-state index in [1.165, 1.54) is 16.2 Å². The van der Waals surface area contributed by atoms with Crippen molar-refractivity contribution in [3.63, 3.8) is 0 Å². The number of rotatable bonds is 8. The molecular weight excluding hydrogens is 338 g/mol. The summed E-state index contributed by atoms with van der Waals surface area (Å²) >= 11 is 3.73. The highest BCUT2D eigenvalue weighted by atomic mass is 32.2. The maximum absolute atomic E-state index is 12.0. The lowest BCUT2D eigenvalue weighted by atomic mass is 9.89. The van der Waals surface area contributed by atoms with Gasteiger partial charge in [-0.2, -0.15) is 0 Å². The fraction of sp³-hybridized carbons (Fsp3) is 0.632. The third kappa shape index (κ3) is 6.01. The topological polar surface area (TPSA) is 29.5 Å². The summed E-state index contributed by atoms with van der Waals surface area (Å²) in [4.78, 5) is 14.5. The molecule has 0 amide bonds. The number of esters is 1. The maximum atomic E-state index is 12.0. The minimum atomic E-state index is -0.00577. The van der Waals surface area contributed by atoms with Gasteiger partial charge in [0.05, 0.1) is 12.5 Å². The Balaban J connectivity index is 1.87. The van der Waals surface area contributed by atoms with Crippen molar-refractivity contribution in [2.75, 3.05) is 19.7 Å². The van der Waals surface area contributed by atoms with Crippen molar-refractivity contribution in [2.24, 2.45) is 5.92 Å². The Kier molecular flexibility index (Phi) is 8.50. The van der Waals surface area contributed by atoms with Crippen molar-refractivity contribution >= 4 is 29.7 Å². The zero-order valence-electron chi connectivity index (χ0n) is 15.0. The smallest absolute Gasteiger partial charge is 0.308 e. The maximum Gasteiger partial charge on any atom is 0.308 e. The summed E-state index contributed by atoms with van der Waals surface area (Å²) in [6.45, 7) is 8.83. The molecule has 0 heterocycles. The zero-order chi connectivity index (χ0) is 17.4. The summed E-state index contributed by atoms with van der Waals surface area (Å²) in [5.74, 6) is 0.0856. The average molecular weight is 368 g/mol. The Bertz CT molecular complexity index is 503. The quantitative estimate of drug-likeness (QED) is 0.462. The fourth-order valence-electron chi connectivity index (χ4n) is 3.00. The van der Waals surface area contributed by atoms with Gasteiger partial charge in [-0.15, -0.1) is 11.8 Å². The first kappa shape index (κ1) is 19.7. The van der Waals surface area contributed by atoms with Crippen LogP contribution in [0.3, 0.4) is 0 Å². The molecule has 0 radical (unpaired) electrons. The van der Waals surface area contributed by atoms with Crippen LogP contribution >= 0.6 is 23.7 Å². The number of thioether (sulfide) groups is 1. The number of carbonyl (C=O) groups is 1. The molecule has 1 aromatic rings. The lowest BCUT2D eigenvalue weighted by Crippen LogP contribution is -2.26. The van der Waals surface area contributed by atoms with Crippen molar-refractivity contribution in [3.05, 3.63) is 24.3 Å². The molecular formula is C19H29NO2S2. The molecule has 0 N–H and O–H groups in total. The van der Waals surface area contributed by atoms with Gasteiger partial charge < -0.3 is 4.74 Å². The van der Waals surface area contributed by atoms with Crippen LogP contribution in [0.1, 0.15) is 46.5 Å². The fourth-order valence-corrected chi connectivity index (χ4v) is 5.10. The van der Waals surface area contributed by atoms with Gasteiger partial charge in [0.1, 0.15) is 0 Å². The average Bonchev–Trinajstić information content (AvgIpc) is 2.61. The molecule has 0 aliphatic heterocycles.